The molecule has 0 spiro atoms. The van der Waals surface area contributed by atoms with Crippen molar-refractivity contribution in [3.05, 3.63) is 23.3 Å². The summed E-state index contributed by atoms with van der Waals surface area (Å²) >= 11 is 0. The molecule has 17 heavy (non-hydrogen) atoms. The number of hydrogen-bond acceptors (Lipinski definition) is 2. The predicted octanol–water partition coefficient (Wildman–Crippen LogP) is 3.43. The van der Waals surface area contributed by atoms with E-state index in [2.05, 4.69) is 10.3 Å². The largest absolute Gasteiger partial charge is 0.324 e. The summed E-state index contributed by atoms with van der Waals surface area (Å²) in [5, 5.41) is 2.70. The number of aromatic nitrogens is 1. The van der Waals surface area contributed by atoms with Crippen LogP contribution < -0.4 is 5.32 Å². The van der Waals surface area contributed by atoms with E-state index >= 15 is 0 Å². The number of rotatable bonds is 3. The molecule has 4 heteroatoms. The average molecular weight is 238 g/mol. The van der Waals surface area contributed by atoms with Crippen molar-refractivity contribution in [2.45, 2.75) is 46.5 Å². The lowest BCUT2D eigenvalue weighted by molar-refractivity contribution is -0.114. The predicted molar refractivity (Wildman–Crippen MR) is 66.7 cm³/mol. The highest BCUT2D eigenvalue weighted by molar-refractivity contribution is 5.90. The van der Waals surface area contributed by atoms with Crippen LogP contribution in [0, 0.1) is 5.82 Å². The molecule has 3 nitrogen and oxygen atoms in total. The normalized spacial score (nSPS) is 11.1. The fraction of sp³-hybridized carbons (Fsp3) is 0.538. The van der Waals surface area contributed by atoms with E-state index in [1.807, 2.05) is 27.7 Å². The van der Waals surface area contributed by atoms with Gasteiger partial charge < -0.3 is 5.32 Å². The summed E-state index contributed by atoms with van der Waals surface area (Å²) in [7, 11) is 0. The number of halogens is 1. The van der Waals surface area contributed by atoms with Crippen LogP contribution in [0.3, 0.4) is 0 Å². The van der Waals surface area contributed by atoms with E-state index in [0.717, 1.165) is 5.69 Å². The van der Waals surface area contributed by atoms with Gasteiger partial charge in [0.15, 0.2) is 0 Å². The van der Waals surface area contributed by atoms with E-state index in [9.17, 15) is 9.18 Å². The summed E-state index contributed by atoms with van der Waals surface area (Å²) < 4.78 is 13.8. The monoisotopic (exact) mass is 238 g/mol. The Hall–Kier alpha value is -1.45. The molecule has 0 unspecified atom stereocenters. The molecule has 1 aromatic heterocycles. The minimum Gasteiger partial charge on any atom is -0.324 e. The topological polar surface area (TPSA) is 42.0 Å². The van der Waals surface area contributed by atoms with E-state index in [4.69, 9.17) is 0 Å². The van der Waals surface area contributed by atoms with Crippen LogP contribution in [0.4, 0.5) is 10.1 Å². The third-order valence-electron chi connectivity index (χ3n) is 2.53. The van der Waals surface area contributed by atoms with E-state index in [-0.39, 0.29) is 23.6 Å². The Labute approximate surface area is 101 Å². The summed E-state index contributed by atoms with van der Waals surface area (Å²) in [4.78, 5) is 15.3. The fourth-order valence-electron chi connectivity index (χ4n) is 1.83. The molecule has 0 atom stereocenters. The summed E-state index contributed by atoms with van der Waals surface area (Å²) in [6.07, 6.45) is 1.23. The SMILES string of the molecule is CC(=O)Nc1c(C(C)C)ncc(F)c1C(C)C. The van der Waals surface area contributed by atoms with Crippen LogP contribution >= 0.6 is 0 Å². The number of carbonyl (C=O) groups is 1. The number of nitrogens with one attached hydrogen (secondary N) is 1. The highest BCUT2D eigenvalue weighted by atomic mass is 19.1. The summed E-state index contributed by atoms with van der Waals surface area (Å²) in [5.41, 5.74) is 1.78. The lowest BCUT2D eigenvalue weighted by Gasteiger charge is -2.19. The number of anilines is 1. The van der Waals surface area contributed by atoms with Crippen LogP contribution in [-0.4, -0.2) is 10.9 Å². The Bertz CT molecular complexity index is 428. The second-order valence-corrected chi connectivity index (χ2v) is 4.77. The third kappa shape index (κ3) is 3.02. The number of amides is 1. The third-order valence-corrected chi connectivity index (χ3v) is 2.53. The first kappa shape index (κ1) is 13.6. The molecular weight excluding hydrogens is 219 g/mol. The number of carbonyl (C=O) groups excluding carboxylic acids is 1. The molecular formula is C13H19FN2O. The first-order valence-corrected chi connectivity index (χ1v) is 5.80. The molecule has 0 bridgehead atoms. The van der Waals surface area contributed by atoms with Gasteiger partial charge in [0, 0.05) is 12.5 Å². The smallest absolute Gasteiger partial charge is 0.221 e. The Morgan fingerprint density at radius 2 is 1.88 bits per heavy atom. The molecule has 0 fully saturated rings. The van der Waals surface area contributed by atoms with Gasteiger partial charge in [0.05, 0.1) is 17.6 Å². The van der Waals surface area contributed by atoms with Gasteiger partial charge in [0.1, 0.15) is 5.82 Å². The first-order valence-electron chi connectivity index (χ1n) is 5.80. The van der Waals surface area contributed by atoms with Crippen molar-refractivity contribution >= 4 is 11.6 Å². The van der Waals surface area contributed by atoms with Crippen molar-refractivity contribution in [3.8, 4) is 0 Å². The van der Waals surface area contributed by atoms with E-state index in [0.29, 0.717) is 11.3 Å². The van der Waals surface area contributed by atoms with Gasteiger partial charge in [-0.25, -0.2) is 4.39 Å². The zero-order valence-electron chi connectivity index (χ0n) is 11.0. The van der Waals surface area contributed by atoms with Gasteiger partial charge in [-0.15, -0.1) is 0 Å². The van der Waals surface area contributed by atoms with Crippen LogP contribution in [-0.2, 0) is 4.79 Å². The molecule has 0 aliphatic rings. The van der Waals surface area contributed by atoms with Crippen molar-refractivity contribution in [1.82, 2.24) is 4.98 Å². The van der Waals surface area contributed by atoms with Gasteiger partial charge >= 0.3 is 0 Å². The van der Waals surface area contributed by atoms with E-state index < -0.39 is 0 Å². The van der Waals surface area contributed by atoms with Gasteiger partial charge in [-0.3, -0.25) is 9.78 Å². The molecule has 0 radical (unpaired) electrons. The Kier molecular flexibility index (Phi) is 4.21. The van der Waals surface area contributed by atoms with Crippen LogP contribution in [0.5, 0.6) is 0 Å². The van der Waals surface area contributed by atoms with E-state index in [1.54, 1.807) is 0 Å². The Morgan fingerprint density at radius 3 is 2.29 bits per heavy atom. The molecule has 1 N–H and O–H groups in total. The summed E-state index contributed by atoms with van der Waals surface area (Å²) in [6, 6.07) is 0. The molecule has 1 aromatic rings. The van der Waals surface area contributed by atoms with Crippen molar-refractivity contribution in [2.24, 2.45) is 0 Å². The average Bonchev–Trinajstić information content (AvgIpc) is 2.15. The molecule has 0 saturated carbocycles. The molecule has 94 valence electrons. The first-order chi connectivity index (χ1) is 7.84. The molecule has 1 heterocycles. The summed E-state index contributed by atoms with van der Waals surface area (Å²) in [6.45, 7) is 9.14. The maximum atomic E-state index is 13.8. The highest BCUT2D eigenvalue weighted by Crippen LogP contribution is 2.32. The lowest BCUT2D eigenvalue weighted by atomic mass is 9.96. The van der Waals surface area contributed by atoms with Crippen LogP contribution in [0.1, 0.15) is 57.7 Å². The van der Waals surface area contributed by atoms with Gasteiger partial charge in [0.2, 0.25) is 5.91 Å². The maximum Gasteiger partial charge on any atom is 0.221 e. The van der Waals surface area contributed by atoms with Gasteiger partial charge in [-0.2, -0.15) is 0 Å². The Morgan fingerprint density at radius 1 is 1.29 bits per heavy atom. The quantitative estimate of drug-likeness (QED) is 0.876. The standard InChI is InChI=1S/C13H19FN2O/c1-7(2)11-10(14)6-15-12(8(3)4)13(11)16-9(5)17/h6-8H,1-5H3,(H,16,17). The van der Waals surface area contributed by atoms with Crippen molar-refractivity contribution in [3.63, 3.8) is 0 Å². The Balaban J connectivity index is 3.43. The van der Waals surface area contributed by atoms with Crippen molar-refractivity contribution in [2.75, 3.05) is 5.32 Å². The molecule has 1 amide bonds. The zero-order valence-corrected chi connectivity index (χ0v) is 11.0. The molecule has 0 aromatic carbocycles. The second kappa shape index (κ2) is 5.25. The zero-order chi connectivity index (χ0) is 13.2. The molecule has 0 aliphatic heterocycles. The molecule has 1 rings (SSSR count). The van der Waals surface area contributed by atoms with Crippen LogP contribution in [0.15, 0.2) is 6.20 Å². The number of pyridine rings is 1. The van der Waals surface area contributed by atoms with Crippen molar-refractivity contribution < 1.29 is 9.18 Å². The van der Waals surface area contributed by atoms with Gasteiger partial charge in [-0.05, 0) is 11.8 Å². The lowest BCUT2D eigenvalue weighted by Crippen LogP contribution is -2.14. The second-order valence-electron chi connectivity index (χ2n) is 4.77. The minimum absolute atomic E-state index is 0.00245. The van der Waals surface area contributed by atoms with Gasteiger partial charge in [0.25, 0.3) is 0 Å². The van der Waals surface area contributed by atoms with Crippen molar-refractivity contribution in [1.29, 1.82) is 0 Å². The minimum atomic E-state index is -0.367. The maximum absolute atomic E-state index is 13.8. The number of hydrogen-bond donors (Lipinski definition) is 1. The molecule has 0 saturated heterocycles. The fourth-order valence-corrected chi connectivity index (χ4v) is 1.83. The van der Waals surface area contributed by atoms with Crippen LogP contribution in [0.2, 0.25) is 0 Å². The van der Waals surface area contributed by atoms with Gasteiger partial charge in [-0.1, -0.05) is 27.7 Å². The number of nitrogens with zero attached hydrogens (tertiary/aromatic N) is 1. The van der Waals surface area contributed by atoms with Crippen LogP contribution in [0.25, 0.3) is 0 Å². The van der Waals surface area contributed by atoms with E-state index in [1.165, 1.54) is 13.1 Å². The summed E-state index contributed by atoms with van der Waals surface area (Å²) in [5.74, 6) is -0.443. The molecule has 0 aliphatic carbocycles. The highest BCUT2D eigenvalue weighted by Gasteiger charge is 2.20.